The highest BCUT2D eigenvalue weighted by atomic mass is 35.5. The Morgan fingerprint density at radius 1 is 1.15 bits per heavy atom. The van der Waals surface area contributed by atoms with E-state index in [-0.39, 0.29) is 10.8 Å². The van der Waals surface area contributed by atoms with Crippen LogP contribution in [0.25, 0.3) is 5.82 Å². The lowest BCUT2D eigenvalue weighted by Crippen LogP contribution is -2.24. The minimum Gasteiger partial charge on any atom is -0.382 e. The van der Waals surface area contributed by atoms with Gasteiger partial charge in [0.15, 0.2) is 5.82 Å². The number of aromatic nitrogens is 4. The third-order valence-corrected chi connectivity index (χ3v) is 4.03. The molecule has 3 aromatic heterocycles. The van der Waals surface area contributed by atoms with Crippen LogP contribution in [0.2, 0.25) is 5.02 Å². The van der Waals surface area contributed by atoms with Gasteiger partial charge < -0.3 is 5.32 Å². The van der Waals surface area contributed by atoms with E-state index in [1.54, 1.807) is 12.4 Å². The third-order valence-electron chi connectivity index (χ3n) is 3.66. The lowest BCUT2D eigenvalue weighted by Gasteiger charge is -2.11. The van der Waals surface area contributed by atoms with Crippen LogP contribution in [0.15, 0.2) is 53.8 Å². The summed E-state index contributed by atoms with van der Waals surface area (Å²) in [5.74, 6) is -0.0585. The second kappa shape index (κ2) is 7.75. The van der Waals surface area contributed by atoms with Crippen LogP contribution < -0.4 is 10.9 Å². The molecule has 3 heterocycles. The fourth-order valence-electron chi connectivity index (χ4n) is 2.29. The molecular formula is C17H13ClF3N5O. The summed E-state index contributed by atoms with van der Waals surface area (Å²) in [6.45, 7) is 0.495. The summed E-state index contributed by atoms with van der Waals surface area (Å²) in [6.07, 6.45) is 1.52. The summed E-state index contributed by atoms with van der Waals surface area (Å²) in [7, 11) is 0. The standard InChI is InChI=1S/C17H13ClF3N5O/c18-15-13(23-7-5-11-2-1-6-22-8-11)10-25-26(16(15)27)14-4-3-12(9-24-14)17(19,20)21/h1-4,6,8-10,23H,5,7H2. The van der Waals surface area contributed by atoms with Gasteiger partial charge in [-0.05, 0) is 30.2 Å². The first-order chi connectivity index (χ1) is 12.9. The Morgan fingerprint density at radius 3 is 2.59 bits per heavy atom. The summed E-state index contributed by atoms with van der Waals surface area (Å²) < 4.78 is 38.6. The molecule has 3 aromatic rings. The maximum atomic E-state index is 12.6. The maximum absolute atomic E-state index is 12.6. The Morgan fingerprint density at radius 2 is 1.96 bits per heavy atom. The van der Waals surface area contributed by atoms with Crippen molar-refractivity contribution >= 4 is 17.3 Å². The Bertz CT molecular complexity index is 975. The van der Waals surface area contributed by atoms with Gasteiger partial charge in [0.25, 0.3) is 5.56 Å². The molecule has 0 unspecified atom stereocenters. The zero-order valence-electron chi connectivity index (χ0n) is 13.7. The van der Waals surface area contributed by atoms with Crippen molar-refractivity contribution in [3.8, 4) is 5.82 Å². The van der Waals surface area contributed by atoms with Gasteiger partial charge in [0.2, 0.25) is 0 Å². The highest BCUT2D eigenvalue weighted by Crippen LogP contribution is 2.28. The van der Waals surface area contributed by atoms with Crippen LogP contribution >= 0.6 is 11.6 Å². The summed E-state index contributed by atoms with van der Waals surface area (Å²) in [5, 5.41) is 6.81. The molecule has 0 atom stereocenters. The number of hydrogen-bond donors (Lipinski definition) is 1. The van der Waals surface area contributed by atoms with E-state index in [0.29, 0.717) is 24.8 Å². The molecule has 3 rings (SSSR count). The molecule has 0 saturated carbocycles. The van der Waals surface area contributed by atoms with E-state index in [4.69, 9.17) is 11.6 Å². The first-order valence-electron chi connectivity index (χ1n) is 7.80. The largest absolute Gasteiger partial charge is 0.417 e. The molecule has 0 fully saturated rings. The lowest BCUT2D eigenvalue weighted by atomic mass is 10.2. The average molecular weight is 396 g/mol. The number of pyridine rings is 2. The predicted octanol–water partition coefficient (Wildman–Crippen LogP) is 3.35. The number of hydrogen-bond acceptors (Lipinski definition) is 5. The van der Waals surface area contributed by atoms with Crippen molar-refractivity contribution in [2.75, 3.05) is 11.9 Å². The normalized spacial score (nSPS) is 11.4. The minimum atomic E-state index is -4.51. The number of anilines is 1. The lowest BCUT2D eigenvalue weighted by molar-refractivity contribution is -0.137. The summed E-state index contributed by atoms with van der Waals surface area (Å²) >= 11 is 6.08. The molecule has 0 spiro atoms. The predicted molar refractivity (Wildman–Crippen MR) is 94.1 cm³/mol. The van der Waals surface area contributed by atoms with Gasteiger partial charge >= 0.3 is 6.18 Å². The second-order valence-electron chi connectivity index (χ2n) is 5.53. The Kier molecular flexibility index (Phi) is 5.41. The van der Waals surface area contributed by atoms with Crippen molar-refractivity contribution < 1.29 is 13.2 Å². The molecule has 6 nitrogen and oxygen atoms in total. The third kappa shape index (κ3) is 4.43. The Balaban J connectivity index is 1.76. The van der Waals surface area contributed by atoms with Crippen LogP contribution in [0.4, 0.5) is 18.9 Å². The number of rotatable bonds is 5. The van der Waals surface area contributed by atoms with Gasteiger partial charge in [-0.1, -0.05) is 17.7 Å². The van der Waals surface area contributed by atoms with E-state index in [9.17, 15) is 18.0 Å². The molecule has 0 aliphatic heterocycles. The zero-order valence-corrected chi connectivity index (χ0v) is 14.5. The molecule has 0 amide bonds. The molecule has 140 valence electrons. The zero-order chi connectivity index (χ0) is 19.4. The van der Waals surface area contributed by atoms with E-state index < -0.39 is 17.3 Å². The van der Waals surface area contributed by atoms with Crippen LogP contribution in [-0.4, -0.2) is 26.3 Å². The van der Waals surface area contributed by atoms with Crippen LogP contribution in [0.3, 0.4) is 0 Å². The average Bonchev–Trinajstić information content (AvgIpc) is 2.66. The molecule has 27 heavy (non-hydrogen) atoms. The number of halogens is 4. The van der Waals surface area contributed by atoms with E-state index >= 15 is 0 Å². The Hall–Kier alpha value is -2.94. The first kappa shape index (κ1) is 18.8. The summed E-state index contributed by atoms with van der Waals surface area (Å²) in [6, 6.07) is 5.62. The van der Waals surface area contributed by atoms with Gasteiger partial charge in [-0.3, -0.25) is 9.78 Å². The summed E-state index contributed by atoms with van der Waals surface area (Å²) in [4.78, 5) is 20.0. The second-order valence-corrected chi connectivity index (χ2v) is 5.91. The molecule has 0 aromatic carbocycles. The van der Waals surface area contributed by atoms with Crippen molar-refractivity contribution in [1.82, 2.24) is 19.7 Å². The molecule has 10 heteroatoms. The summed E-state index contributed by atoms with van der Waals surface area (Å²) in [5.41, 5.74) is -0.264. The van der Waals surface area contributed by atoms with Crippen molar-refractivity contribution in [2.45, 2.75) is 12.6 Å². The molecule has 0 aliphatic rings. The van der Waals surface area contributed by atoms with Crippen LogP contribution in [0.5, 0.6) is 0 Å². The van der Waals surface area contributed by atoms with Gasteiger partial charge in [0, 0.05) is 25.1 Å². The van der Waals surface area contributed by atoms with Crippen molar-refractivity contribution in [3.05, 3.63) is 75.6 Å². The highest BCUT2D eigenvalue weighted by Gasteiger charge is 2.30. The Labute approximate surface area is 156 Å². The smallest absolute Gasteiger partial charge is 0.382 e. The highest BCUT2D eigenvalue weighted by molar-refractivity contribution is 6.32. The van der Waals surface area contributed by atoms with Crippen LogP contribution in [-0.2, 0) is 12.6 Å². The number of nitrogens with zero attached hydrogens (tertiary/aromatic N) is 4. The van der Waals surface area contributed by atoms with Crippen LogP contribution in [0.1, 0.15) is 11.1 Å². The molecule has 0 bridgehead atoms. The monoisotopic (exact) mass is 395 g/mol. The van der Waals surface area contributed by atoms with E-state index in [2.05, 4.69) is 20.4 Å². The molecule has 0 saturated heterocycles. The first-order valence-corrected chi connectivity index (χ1v) is 8.18. The van der Waals surface area contributed by atoms with Gasteiger partial charge in [-0.2, -0.15) is 23.0 Å². The number of alkyl halides is 3. The number of nitrogens with one attached hydrogen (secondary N) is 1. The van der Waals surface area contributed by atoms with E-state index in [0.717, 1.165) is 22.4 Å². The maximum Gasteiger partial charge on any atom is 0.417 e. The SMILES string of the molecule is O=c1c(Cl)c(NCCc2cccnc2)cnn1-c1ccc(C(F)(F)F)cn1. The van der Waals surface area contributed by atoms with Gasteiger partial charge in [-0.25, -0.2) is 4.98 Å². The van der Waals surface area contributed by atoms with E-state index in [1.165, 1.54) is 6.20 Å². The minimum absolute atomic E-state index is 0.0585. The van der Waals surface area contributed by atoms with Crippen LogP contribution in [0, 0.1) is 0 Å². The molecule has 1 N–H and O–H groups in total. The fraction of sp³-hybridized carbons (Fsp3) is 0.176. The quantitative estimate of drug-likeness (QED) is 0.717. The van der Waals surface area contributed by atoms with Gasteiger partial charge in [-0.15, -0.1) is 0 Å². The van der Waals surface area contributed by atoms with E-state index in [1.807, 2.05) is 12.1 Å². The van der Waals surface area contributed by atoms with Crippen molar-refractivity contribution in [3.63, 3.8) is 0 Å². The van der Waals surface area contributed by atoms with Gasteiger partial charge in [0.05, 0.1) is 17.4 Å². The topological polar surface area (TPSA) is 72.7 Å². The molecular weight excluding hydrogens is 383 g/mol. The fourth-order valence-corrected chi connectivity index (χ4v) is 2.48. The molecule has 0 radical (unpaired) electrons. The van der Waals surface area contributed by atoms with Gasteiger partial charge in [0.1, 0.15) is 5.02 Å². The van der Waals surface area contributed by atoms with Crippen molar-refractivity contribution in [2.24, 2.45) is 0 Å². The van der Waals surface area contributed by atoms with Crippen molar-refractivity contribution in [1.29, 1.82) is 0 Å². The molecule has 0 aliphatic carbocycles.